The Morgan fingerprint density at radius 3 is 1.91 bits per heavy atom. The first-order chi connectivity index (χ1) is 47.4. The molecule has 0 aromatic heterocycles. The lowest BCUT2D eigenvalue weighted by molar-refractivity contribution is -0.150. The second-order valence-electron chi connectivity index (χ2n) is 26.4. The molecular formula is C78H84F7N5O9. The minimum atomic E-state index is -5.08. The van der Waals surface area contributed by atoms with E-state index in [-0.39, 0.29) is 68.2 Å². The number of likely N-dealkylation sites (tertiary alicyclic amines) is 2. The number of rotatable bonds is 22. The molecule has 0 saturated carbocycles. The smallest absolute Gasteiger partial charge is 0.416 e. The van der Waals surface area contributed by atoms with Gasteiger partial charge in [-0.25, -0.2) is 9.18 Å². The fraction of sp³-hybridized carbons (Fsp3) is 0.397. The number of hydrogen-bond donors (Lipinski definition) is 0. The monoisotopic (exact) mass is 1370 g/mol. The van der Waals surface area contributed by atoms with Crippen molar-refractivity contribution in [1.29, 1.82) is 0 Å². The number of amides is 3. The van der Waals surface area contributed by atoms with Crippen molar-refractivity contribution in [2.24, 2.45) is 5.92 Å². The van der Waals surface area contributed by atoms with Crippen molar-refractivity contribution < 1.29 is 73.7 Å². The Morgan fingerprint density at radius 2 is 1.26 bits per heavy atom. The van der Waals surface area contributed by atoms with Gasteiger partial charge in [0.25, 0.3) is 11.8 Å². The molecule has 3 heterocycles. The Bertz CT molecular complexity index is 3860. The highest BCUT2D eigenvalue weighted by Crippen LogP contribution is 2.50. The third kappa shape index (κ3) is 18.8. The summed E-state index contributed by atoms with van der Waals surface area (Å²) in [6.07, 6.45) is -2.38. The van der Waals surface area contributed by atoms with Gasteiger partial charge >= 0.3 is 24.3 Å². The van der Waals surface area contributed by atoms with Gasteiger partial charge in [0.05, 0.1) is 24.1 Å². The first-order valence-corrected chi connectivity index (χ1v) is 33.6. The molecule has 0 bridgehead atoms. The summed E-state index contributed by atoms with van der Waals surface area (Å²) in [6.45, 7) is 6.89. The summed E-state index contributed by atoms with van der Waals surface area (Å²) in [6, 6.07) is 48.4. The van der Waals surface area contributed by atoms with Crippen LogP contribution in [0.15, 0.2) is 170 Å². The van der Waals surface area contributed by atoms with E-state index in [4.69, 9.17) is 18.9 Å². The Balaban J connectivity index is 0.000000217. The number of benzene rings is 7. The van der Waals surface area contributed by atoms with Crippen LogP contribution in [-0.2, 0) is 77.6 Å². The number of likely N-dealkylation sites (N-methyl/N-ethyl adjacent to an activating group) is 2. The molecule has 0 N–H and O–H groups in total. The first-order valence-electron chi connectivity index (χ1n) is 33.6. The summed E-state index contributed by atoms with van der Waals surface area (Å²) < 4.78 is 117. The normalized spacial score (nSPS) is 17.9. The zero-order valence-corrected chi connectivity index (χ0v) is 56.2. The maximum absolute atomic E-state index is 13.9. The SMILES string of the molecule is COCC(=O)N(C)CC(=O)Oc1ccc(CCCc2ccc(C(=O)N(C)CCN3CCC(OC(=O)Cc4ccccc4-c4ccccc4)CC3)cc2)cc1.C[C@H]1Cc2ccccc2C12CCN(CC[C@@]1(c3ccc(F)cc3)CN(C(=O)c3cc(C(F)(F)F)cc(C(F)(F)F)c3)CO1)CC2. The molecule has 4 aliphatic rings. The van der Waals surface area contributed by atoms with Crippen molar-refractivity contribution in [2.75, 3.05) is 93.4 Å². The molecule has 524 valence electrons. The van der Waals surface area contributed by atoms with Gasteiger partial charge in [-0.05, 0) is 176 Å². The number of fused-ring (bicyclic) bond motifs is 2. The molecule has 3 amide bonds. The van der Waals surface area contributed by atoms with Crippen LogP contribution in [-0.4, -0.2) is 154 Å². The van der Waals surface area contributed by atoms with Crippen LogP contribution in [0.5, 0.6) is 5.75 Å². The van der Waals surface area contributed by atoms with Crippen LogP contribution in [0, 0.1) is 11.7 Å². The number of carbonyl (C=O) groups is 5. The summed E-state index contributed by atoms with van der Waals surface area (Å²) in [4.78, 5) is 72.2. The van der Waals surface area contributed by atoms with E-state index in [0.29, 0.717) is 54.4 Å². The Labute approximate surface area is 573 Å². The Hall–Kier alpha value is -8.76. The van der Waals surface area contributed by atoms with Crippen LogP contribution in [0.4, 0.5) is 30.7 Å². The summed E-state index contributed by atoms with van der Waals surface area (Å²) in [5.74, 6) is -1.54. The lowest BCUT2D eigenvalue weighted by Crippen LogP contribution is -2.46. The van der Waals surface area contributed by atoms with Crippen molar-refractivity contribution in [3.05, 3.63) is 231 Å². The highest BCUT2D eigenvalue weighted by molar-refractivity contribution is 5.95. The Kier molecular flexibility index (Phi) is 23.9. The summed E-state index contributed by atoms with van der Waals surface area (Å²) in [5.41, 5.74) is 4.61. The lowest BCUT2D eigenvalue weighted by Gasteiger charge is -2.44. The number of carbonyl (C=O) groups excluding carboxylic acids is 5. The van der Waals surface area contributed by atoms with Crippen LogP contribution in [0.2, 0.25) is 0 Å². The minimum Gasteiger partial charge on any atom is -0.462 e. The molecule has 2 atom stereocenters. The molecule has 21 heteroatoms. The second kappa shape index (κ2) is 32.5. The zero-order valence-electron chi connectivity index (χ0n) is 56.2. The van der Waals surface area contributed by atoms with Crippen LogP contribution in [0.3, 0.4) is 0 Å². The number of nitrogens with zero attached hydrogens (tertiary/aromatic N) is 5. The quantitative estimate of drug-likeness (QED) is 0.0364. The van der Waals surface area contributed by atoms with Crippen LogP contribution < -0.4 is 4.74 Å². The third-order valence-electron chi connectivity index (χ3n) is 19.8. The van der Waals surface area contributed by atoms with Gasteiger partial charge in [-0.3, -0.25) is 19.2 Å². The summed E-state index contributed by atoms with van der Waals surface area (Å²) in [5, 5.41) is 0. The van der Waals surface area contributed by atoms with E-state index in [9.17, 15) is 54.7 Å². The summed E-state index contributed by atoms with van der Waals surface area (Å²) >= 11 is 0. The molecule has 1 aliphatic carbocycles. The number of esters is 2. The predicted molar refractivity (Wildman–Crippen MR) is 361 cm³/mol. The van der Waals surface area contributed by atoms with Gasteiger partial charge in [0.2, 0.25) is 5.91 Å². The van der Waals surface area contributed by atoms with E-state index in [2.05, 4.69) is 53.1 Å². The average Bonchev–Trinajstić information content (AvgIpc) is 1.60. The van der Waals surface area contributed by atoms with Crippen LogP contribution in [0.25, 0.3) is 11.1 Å². The number of methoxy groups -OCH3 is 1. The van der Waals surface area contributed by atoms with Gasteiger partial charge in [-0.2, -0.15) is 26.3 Å². The van der Waals surface area contributed by atoms with E-state index in [1.54, 1.807) is 17.0 Å². The average molecular weight is 1370 g/mol. The van der Waals surface area contributed by atoms with Crippen molar-refractivity contribution >= 4 is 29.7 Å². The molecule has 3 fully saturated rings. The minimum absolute atomic E-state index is 0.00448. The van der Waals surface area contributed by atoms with Gasteiger partial charge < -0.3 is 43.4 Å². The van der Waals surface area contributed by atoms with E-state index < -0.39 is 52.3 Å². The van der Waals surface area contributed by atoms with E-state index in [0.717, 1.165) is 117 Å². The molecule has 1 spiro atoms. The number of hydrogen-bond acceptors (Lipinski definition) is 11. The summed E-state index contributed by atoms with van der Waals surface area (Å²) in [7, 11) is 4.79. The molecule has 0 radical (unpaired) electrons. The number of alkyl halides is 6. The zero-order chi connectivity index (χ0) is 70.5. The van der Waals surface area contributed by atoms with E-state index in [1.807, 2.05) is 85.9 Å². The topological polar surface area (TPSA) is 138 Å². The van der Waals surface area contributed by atoms with Crippen LogP contribution >= 0.6 is 0 Å². The first kappa shape index (κ1) is 73.0. The molecule has 7 aromatic rings. The van der Waals surface area contributed by atoms with Gasteiger partial charge in [-0.15, -0.1) is 0 Å². The Morgan fingerprint density at radius 1 is 0.657 bits per heavy atom. The highest BCUT2D eigenvalue weighted by Gasteiger charge is 2.48. The van der Waals surface area contributed by atoms with Crippen molar-refractivity contribution in [2.45, 2.75) is 101 Å². The highest BCUT2D eigenvalue weighted by atomic mass is 19.4. The molecule has 3 aliphatic heterocycles. The molecular weight excluding hydrogens is 1280 g/mol. The second-order valence-corrected chi connectivity index (χ2v) is 26.4. The maximum atomic E-state index is 13.9. The maximum Gasteiger partial charge on any atom is 0.416 e. The van der Waals surface area contributed by atoms with Gasteiger partial charge in [-0.1, -0.05) is 122 Å². The standard InChI is InChI=1S/C44H51N3O7.C34H33F7N2O2/c1-45(28-29-47-26-24-39(25-27-47)53-42(49)30-37-14-7-8-15-40(37)35-12-5-4-6-13-35)44(51)36-20-16-33(17-21-36)10-9-11-34-18-22-38(23-19-34)54-43(50)31-46(2)41(48)32-52-3;1-22-16-23-4-2-3-5-29(23)31(22)10-13-42(14-11-31)15-12-32(25-6-8-28(35)9-7-25)20-43(21-45-32)30(44)24-17-26(33(36,37)38)19-27(18-24)34(39,40)41/h4-8,12-23,39H,9-11,24-32H2,1-3H3;2-9,17-19,22H,10-16,20-21H2,1H3/t;22-,32-/m.0/s1. The van der Waals surface area contributed by atoms with E-state index >= 15 is 0 Å². The van der Waals surface area contributed by atoms with Crippen molar-refractivity contribution in [3.8, 4) is 16.9 Å². The lowest BCUT2D eigenvalue weighted by atomic mass is 9.68. The third-order valence-corrected chi connectivity index (χ3v) is 19.8. The van der Waals surface area contributed by atoms with Crippen molar-refractivity contribution in [1.82, 2.24) is 24.5 Å². The van der Waals surface area contributed by atoms with Gasteiger partial charge in [0, 0.05) is 70.5 Å². The fourth-order valence-corrected chi connectivity index (χ4v) is 14.0. The number of aryl methyl sites for hydroxylation is 2. The van der Waals surface area contributed by atoms with Crippen molar-refractivity contribution in [3.63, 3.8) is 0 Å². The molecule has 3 saturated heterocycles. The number of halogens is 7. The molecule has 99 heavy (non-hydrogen) atoms. The van der Waals surface area contributed by atoms with Gasteiger partial charge in [0.1, 0.15) is 43.2 Å². The largest absolute Gasteiger partial charge is 0.462 e. The number of ether oxygens (including phenoxy) is 4. The molecule has 11 rings (SSSR count). The molecule has 14 nitrogen and oxygen atoms in total. The molecule has 7 aromatic carbocycles. The van der Waals surface area contributed by atoms with E-state index in [1.165, 1.54) is 54.4 Å². The van der Waals surface area contributed by atoms with Crippen LogP contribution in [0.1, 0.15) is 111 Å². The fourth-order valence-electron chi connectivity index (χ4n) is 14.0. The molecule has 0 unspecified atom stereocenters. The van der Waals surface area contributed by atoms with Gasteiger partial charge in [0.15, 0.2) is 0 Å². The predicted octanol–water partition coefficient (Wildman–Crippen LogP) is 13.7. The number of piperidine rings is 2.